The van der Waals surface area contributed by atoms with Gasteiger partial charge in [-0.15, -0.1) is 10.2 Å². The smallest absolute Gasteiger partial charge is 0.243 e. The Balaban J connectivity index is 1.57. The Hall–Kier alpha value is -3.13. The van der Waals surface area contributed by atoms with Gasteiger partial charge in [0, 0.05) is 24.8 Å². The molecule has 0 atom stereocenters. The average molecular weight is 438 g/mol. The summed E-state index contributed by atoms with van der Waals surface area (Å²) in [5, 5.41) is 12.1. The second kappa shape index (κ2) is 10.3. The van der Waals surface area contributed by atoms with Gasteiger partial charge >= 0.3 is 0 Å². The van der Waals surface area contributed by atoms with Gasteiger partial charge in [0.15, 0.2) is 11.0 Å². The van der Waals surface area contributed by atoms with Crippen LogP contribution in [0.1, 0.15) is 18.1 Å². The number of carbonyl (C=O) groups is 2. The van der Waals surface area contributed by atoms with Crippen LogP contribution in [0.4, 0.5) is 5.69 Å². The third-order valence-corrected chi connectivity index (χ3v) is 5.73. The van der Waals surface area contributed by atoms with Crippen LogP contribution in [0.25, 0.3) is 11.4 Å². The predicted molar refractivity (Wildman–Crippen MR) is 124 cm³/mol. The highest BCUT2D eigenvalue weighted by Crippen LogP contribution is 2.24. The molecule has 0 bridgehead atoms. The first-order valence-corrected chi connectivity index (χ1v) is 11.1. The van der Waals surface area contributed by atoms with Gasteiger partial charge in [0.1, 0.15) is 0 Å². The predicted octanol–water partition coefficient (Wildman–Crippen LogP) is 3.77. The molecule has 0 aliphatic rings. The summed E-state index contributed by atoms with van der Waals surface area (Å²) in [7, 11) is 1.63. The Kier molecular flexibility index (Phi) is 7.46. The zero-order valence-electron chi connectivity index (χ0n) is 18.3. The van der Waals surface area contributed by atoms with Crippen molar-refractivity contribution < 1.29 is 9.59 Å². The Bertz CT molecular complexity index is 1060. The van der Waals surface area contributed by atoms with E-state index < -0.39 is 0 Å². The molecule has 0 spiro atoms. The van der Waals surface area contributed by atoms with E-state index in [0.29, 0.717) is 17.4 Å². The fourth-order valence-electron chi connectivity index (χ4n) is 3.06. The first kappa shape index (κ1) is 22.6. The molecular formula is C23H27N5O2S. The van der Waals surface area contributed by atoms with Gasteiger partial charge in [0.05, 0.1) is 12.3 Å². The number of carbonyl (C=O) groups excluding carboxylic acids is 2. The van der Waals surface area contributed by atoms with Gasteiger partial charge in [-0.25, -0.2) is 0 Å². The molecule has 0 saturated heterocycles. The fraction of sp³-hybridized carbons (Fsp3) is 0.304. The lowest BCUT2D eigenvalue weighted by Gasteiger charge is -2.16. The number of rotatable bonds is 8. The molecule has 2 aromatic carbocycles. The van der Waals surface area contributed by atoms with Crippen LogP contribution in [0.5, 0.6) is 0 Å². The van der Waals surface area contributed by atoms with Crippen LogP contribution in [0, 0.1) is 13.8 Å². The number of hydrogen-bond acceptors (Lipinski definition) is 5. The number of aromatic nitrogens is 3. The van der Waals surface area contributed by atoms with Gasteiger partial charge < -0.3 is 14.8 Å². The van der Waals surface area contributed by atoms with Crippen LogP contribution in [0.2, 0.25) is 0 Å². The van der Waals surface area contributed by atoms with Crippen molar-refractivity contribution in [3.8, 4) is 11.4 Å². The fourth-order valence-corrected chi connectivity index (χ4v) is 4.00. The molecule has 0 unspecified atom stereocenters. The van der Waals surface area contributed by atoms with E-state index in [-0.39, 0.29) is 24.1 Å². The lowest BCUT2D eigenvalue weighted by Crippen LogP contribution is -2.36. The van der Waals surface area contributed by atoms with Crippen LogP contribution >= 0.6 is 11.8 Å². The van der Waals surface area contributed by atoms with Crippen LogP contribution in [0.15, 0.2) is 53.7 Å². The normalized spacial score (nSPS) is 10.7. The van der Waals surface area contributed by atoms with E-state index in [2.05, 4.69) is 21.6 Å². The van der Waals surface area contributed by atoms with E-state index >= 15 is 0 Å². The minimum absolute atomic E-state index is 0.0116. The monoisotopic (exact) mass is 437 g/mol. The average Bonchev–Trinajstić information content (AvgIpc) is 3.16. The Morgan fingerprint density at radius 3 is 2.48 bits per heavy atom. The number of nitrogens with one attached hydrogen (secondary N) is 1. The van der Waals surface area contributed by atoms with Crippen molar-refractivity contribution in [1.82, 2.24) is 19.7 Å². The third-order valence-electron chi connectivity index (χ3n) is 4.78. The summed E-state index contributed by atoms with van der Waals surface area (Å²) in [6.45, 7) is 6.73. The minimum atomic E-state index is -0.233. The van der Waals surface area contributed by atoms with Crippen molar-refractivity contribution in [2.24, 2.45) is 0 Å². The summed E-state index contributed by atoms with van der Waals surface area (Å²) in [6, 6.07) is 15.6. The van der Waals surface area contributed by atoms with Crippen molar-refractivity contribution in [2.75, 3.05) is 24.7 Å². The number of benzene rings is 2. The molecule has 0 aliphatic heterocycles. The number of likely N-dealkylation sites (N-methyl/N-ethyl adjacent to an activating group) is 1. The molecule has 2 amide bonds. The maximum absolute atomic E-state index is 12.5. The number of nitrogens with zero attached hydrogens (tertiary/aromatic N) is 4. The molecule has 0 fully saturated rings. The quantitative estimate of drug-likeness (QED) is 0.543. The largest absolute Gasteiger partial charge is 0.336 e. The number of aryl methyl sites for hydroxylation is 2. The molecule has 7 nitrogen and oxygen atoms in total. The van der Waals surface area contributed by atoms with Crippen LogP contribution < -0.4 is 5.32 Å². The zero-order chi connectivity index (χ0) is 22.4. The SMILES string of the molecule is CCn1c(SCC(=O)N(C)CC(=O)Nc2ccc(C)cc2)nnc1-c1cccc(C)c1. The molecule has 1 aromatic heterocycles. The molecular weight excluding hydrogens is 410 g/mol. The lowest BCUT2D eigenvalue weighted by molar-refractivity contribution is -0.131. The summed E-state index contributed by atoms with van der Waals surface area (Å²) < 4.78 is 2.00. The second-order valence-electron chi connectivity index (χ2n) is 7.37. The number of amides is 2. The summed E-state index contributed by atoms with van der Waals surface area (Å²) >= 11 is 1.33. The van der Waals surface area contributed by atoms with E-state index in [0.717, 1.165) is 22.5 Å². The first-order valence-electron chi connectivity index (χ1n) is 10.1. The van der Waals surface area contributed by atoms with Crippen LogP contribution in [-0.2, 0) is 16.1 Å². The number of thioether (sulfide) groups is 1. The van der Waals surface area contributed by atoms with Crippen molar-refractivity contribution in [2.45, 2.75) is 32.5 Å². The van der Waals surface area contributed by atoms with E-state index in [1.165, 1.54) is 16.7 Å². The number of hydrogen-bond donors (Lipinski definition) is 1. The number of anilines is 1. The van der Waals surface area contributed by atoms with Gasteiger partial charge in [-0.1, -0.05) is 53.2 Å². The van der Waals surface area contributed by atoms with Gasteiger partial charge in [0.25, 0.3) is 0 Å². The molecule has 0 radical (unpaired) electrons. The van der Waals surface area contributed by atoms with Gasteiger partial charge in [0.2, 0.25) is 11.8 Å². The highest BCUT2D eigenvalue weighted by Gasteiger charge is 2.17. The Labute approximate surface area is 186 Å². The summed E-state index contributed by atoms with van der Waals surface area (Å²) in [5.74, 6) is 0.585. The van der Waals surface area contributed by atoms with Crippen molar-refractivity contribution in [3.05, 3.63) is 59.7 Å². The molecule has 3 rings (SSSR count). The van der Waals surface area contributed by atoms with Crippen molar-refractivity contribution in [3.63, 3.8) is 0 Å². The topological polar surface area (TPSA) is 80.1 Å². The molecule has 1 heterocycles. The molecule has 1 N–H and O–H groups in total. The molecule has 8 heteroatoms. The Morgan fingerprint density at radius 1 is 1.06 bits per heavy atom. The highest BCUT2D eigenvalue weighted by atomic mass is 32.2. The standard InChI is InChI=1S/C23H27N5O2S/c1-5-28-22(18-8-6-7-17(3)13-18)25-26-23(28)31-15-21(30)27(4)14-20(29)24-19-11-9-16(2)10-12-19/h6-13H,5,14-15H2,1-4H3,(H,24,29). The van der Waals surface area contributed by atoms with E-state index in [1.807, 2.05) is 67.8 Å². The van der Waals surface area contributed by atoms with Crippen molar-refractivity contribution in [1.29, 1.82) is 0 Å². The van der Waals surface area contributed by atoms with Gasteiger partial charge in [-0.05, 0) is 39.0 Å². The van der Waals surface area contributed by atoms with Gasteiger partial charge in [-0.3, -0.25) is 9.59 Å². The Morgan fingerprint density at radius 2 is 1.81 bits per heavy atom. The van der Waals surface area contributed by atoms with E-state index in [4.69, 9.17) is 0 Å². The summed E-state index contributed by atoms with van der Waals surface area (Å²) in [4.78, 5) is 26.2. The summed E-state index contributed by atoms with van der Waals surface area (Å²) in [5.41, 5.74) is 3.98. The molecule has 0 saturated carbocycles. The van der Waals surface area contributed by atoms with Gasteiger partial charge in [-0.2, -0.15) is 0 Å². The second-order valence-corrected chi connectivity index (χ2v) is 8.32. The molecule has 162 valence electrons. The maximum atomic E-state index is 12.5. The third kappa shape index (κ3) is 5.95. The van der Waals surface area contributed by atoms with E-state index in [9.17, 15) is 9.59 Å². The van der Waals surface area contributed by atoms with Crippen molar-refractivity contribution >= 4 is 29.3 Å². The van der Waals surface area contributed by atoms with Crippen LogP contribution in [-0.4, -0.2) is 50.8 Å². The molecule has 31 heavy (non-hydrogen) atoms. The molecule has 0 aliphatic carbocycles. The molecule has 3 aromatic rings. The maximum Gasteiger partial charge on any atom is 0.243 e. The lowest BCUT2D eigenvalue weighted by atomic mass is 10.1. The van der Waals surface area contributed by atoms with E-state index in [1.54, 1.807) is 7.05 Å². The highest BCUT2D eigenvalue weighted by molar-refractivity contribution is 7.99. The van der Waals surface area contributed by atoms with Crippen LogP contribution in [0.3, 0.4) is 0 Å². The zero-order valence-corrected chi connectivity index (χ0v) is 19.1. The summed E-state index contributed by atoms with van der Waals surface area (Å²) in [6.07, 6.45) is 0. The minimum Gasteiger partial charge on any atom is -0.336 e. The first-order chi connectivity index (χ1) is 14.9.